The smallest absolute Gasteiger partial charge is 0.147 e. The van der Waals surface area contributed by atoms with Gasteiger partial charge in [0, 0.05) is 30.1 Å². The Morgan fingerprint density at radius 1 is 1.39 bits per heavy atom. The second-order valence-electron chi connectivity index (χ2n) is 4.80. The third-order valence-corrected chi connectivity index (χ3v) is 4.22. The van der Waals surface area contributed by atoms with Gasteiger partial charge in [0.1, 0.15) is 9.84 Å². The zero-order valence-electron chi connectivity index (χ0n) is 11.8. The number of hydrogen-bond acceptors (Lipinski definition) is 4. The molecule has 0 saturated heterocycles. The summed E-state index contributed by atoms with van der Waals surface area (Å²) in [7, 11) is -0.964. The standard InChI is InChI=1S/C12H23N3O2S/c1-9(13-4)12-10(2)14-15(11(12)3)7-6-8-18(5,16)17/h9,13H,6-8H2,1-5H3. The highest BCUT2D eigenvalue weighted by Gasteiger charge is 2.16. The third-order valence-electron chi connectivity index (χ3n) is 3.19. The van der Waals surface area contributed by atoms with Gasteiger partial charge >= 0.3 is 0 Å². The Morgan fingerprint density at radius 2 is 2.00 bits per heavy atom. The van der Waals surface area contributed by atoms with E-state index < -0.39 is 9.84 Å². The highest BCUT2D eigenvalue weighted by Crippen LogP contribution is 2.21. The Balaban J connectivity index is 2.80. The number of nitrogens with one attached hydrogen (secondary N) is 1. The van der Waals surface area contributed by atoms with Crippen LogP contribution in [0.1, 0.15) is 36.3 Å². The average Bonchev–Trinajstić information content (AvgIpc) is 2.52. The van der Waals surface area contributed by atoms with E-state index >= 15 is 0 Å². The van der Waals surface area contributed by atoms with Crippen LogP contribution in [-0.2, 0) is 16.4 Å². The van der Waals surface area contributed by atoms with Crippen molar-refractivity contribution < 1.29 is 8.42 Å². The van der Waals surface area contributed by atoms with Gasteiger partial charge in [0.2, 0.25) is 0 Å². The monoisotopic (exact) mass is 273 g/mol. The van der Waals surface area contributed by atoms with E-state index in [0.717, 1.165) is 11.4 Å². The molecule has 0 fully saturated rings. The van der Waals surface area contributed by atoms with Crippen molar-refractivity contribution in [3.63, 3.8) is 0 Å². The molecule has 18 heavy (non-hydrogen) atoms. The fourth-order valence-electron chi connectivity index (χ4n) is 2.18. The van der Waals surface area contributed by atoms with Crippen LogP contribution in [0.25, 0.3) is 0 Å². The van der Waals surface area contributed by atoms with Crippen LogP contribution in [0.15, 0.2) is 0 Å². The maximum absolute atomic E-state index is 11.1. The lowest BCUT2D eigenvalue weighted by molar-refractivity contribution is 0.564. The molecule has 5 nitrogen and oxygen atoms in total. The number of aryl methyl sites for hydroxylation is 2. The number of hydrogen-bond donors (Lipinski definition) is 1. The molecule has 0 aliphatic rings. The topological polar surface area (TPSA) is 64.0 Å². The summed E-state index contributed by atoms with van der Waals surface area (Å²) in [6.45, 7) is 6.76. The van der Waals surface area contributed by atoms with Crippen LogP contribution in [0, 0.1) is 13.8 Å². The van der Waals surface area contributed by atoms with E-state index in [2.05, 4.69) is 17.3 Å². The maximum atomic E-state index is 11.1. The predicted octanol–water partition coefficient (Wildman–Crippen LogP) is 1.22. The van der Waals surface area contributed by atoms with E-state index in [1.165, 1.54) is 11.8 Å². The van der Waals surface area contributed by atoms with Gasteiger partial charge < -0.3 is 5.32 Å². The van der Waals surface area contributed by atoms with Crippen LogP contribution in [0.5, 0.6) is 0 Å². The molecule has 0 spiro atoms. The van der Waals surface area contributed by atoms with Gasteiger partial charge in [-0.1, -0.05) is 0 Å². The lowest BCUT2D eigenvalue weighted by atomic mass is 10.1. The summed E-state index contributed by atoms with van der Waals surface area (Å²) in [5.41, 5.74) is 3.33. The first-order valence-electron chi connectivity index (χ1n) is 6.15. The quantitative estimate of drug-likeness (QED) is 0.846. The summed E-state index contributed by atoms with van der Waals surface area (Å²) in [5, 5.41) is 7.69. The largest absolute Gasteiger partial charge is 0.313 e. The molecule has 104 valence electrons. The molecule has 0 radical (unpaired) electrons. The number of sulfone groups is 1. The predicted molar refractivity (Wildman–Crippen MR) is 73.5 cm³/mol. The first-order chi connectivity index (χ1) is 8.26. The summed E-state index contributed by atoms with van der Waals surface area (Å²) < 4.78 is 24.1. The van der Waals surface area contributed by atoms with Crippen molar-refractivity contribution in [1.29, 1.82) is 0 Å². The van der Waals surface area contributed by atoms with Crippen LogP contribution >= 0.6 is 0 Å². The first-order valence-corrected chi connectivity index (χ1v) is 8.21. The number of nitrogens with zero attached hydrogens (tertiary/aromatic N) is 2. The summed E-state index contributed by atoms with van der Waals surface area (Å²) in [4.78, 5) is 0. The van der Waals surface area contributed by atoms with E-state index in [1.54, 1.807) is 0 Å². The highest BCUT2D eigenvalue weighted by molar-refractivity contribution is 7.90. The highest BCUT2D eigenvalue weighted by atomic mass is 32.2. The van der Waals surface area contributed by atoms with Crippen LogP contribution in [0.2, 0.25) is 0 Å². The zero-order chi connectivity index (χ0) is 13.9. The van der Waals surface area contributed by atoms with Crippen LogP contribution in [-0.4, -0.2) is 37.3 Å². The lowest BCUT2D eigenvalue weighted by Crippen LogP contribution is -2.14. The molecule has 0 aromatic carbocycles. The second kappa shape index (κ2) is 5.84. The second-order valence-corrected chi connectivity index (χ2v) is 7.06. The molecule has 0 amide bonds. The van der Waals surface area contributed by atoms with Crippen molar-refractivity contribution in [3.05, 3.63) is 17.0 Å². The van der Waals surface area contributed by atoms with Crippen LogP contribution in [0.4, 0.5) is 0 Å². The summed E-state index contributed by atoms with van der Waals surface area (Å²) in [6, 6.07) is 0.258. The molecular formula is C12H23N3O2S. The molecule has 1 aromatic heterocycles. The Labute approximate surface area is 109 Å². The summed E-state index contributed by atoms with van der Waals surface area (Å²) >= 11 is 0. The number of rotatable bonds is 6. The van der Waals surface area contributed by atoms with Crippen LogP contribution < -0.4 is 5.32 Å². The zero-order valence-corrected chi connectivity index (χ0v) is 12.6. The average molecular weight is 273 g/mol. The van der Waals surface area contributed by atoms with Crippen molar-refractivity contribution in [2.75, 3.05) is 19.1 Å². The van der Waals surface area contributed by atoms with E-state index in [-0.39, 0.29) is 11.8 Å². The molecule has 6 heteroatoms. The molecule has 1 N–H and O–H groups in total. The van der Waals surface area contributed by atoms with E-state index in [1.807, 2.05) is 25.6 Å². The SMILES string of the molecule is CNC(C)c1c(C)nn(CCCS(C)(=O)=O)c1C. The van der Waals surface area contributed by atoms with Gasteiger partial charge in [-0.2, -0.15) is 5.10 Å². The summed E-state index contributed by atoms with van der Waals surface area (Å²) in [5.74, 6) is 0.211. The van der Waals surface area contributed by atoms with Crippen molar-refractivity contribution in [1.82, 2.24) is 15.1 Å². The Kier molecular flexibility index (Phi) is 4.92. The van der Waals surface area contributed by atoms with E-state index in [4.69, 9.17) is 0 Å². The van der Waals surface area contributed by atoms with Crippen molar-refractivity contribution in [2.24, 2.45) is 0 Å². The van der Waals surface area contributed by atoms with Gasteiger partial charge in [-0.25, -0.2) is 8.42 Å². The maximum Gasteiger partial charge on any atom is 0.147 e. The molecular weight excluding hydrogens is 250 g/mol. The first kappa shape index (κ1) is 15.2. The van der Waals surface area contributed by atoms with Gasteiger partial charge in [0.05, 0.1) is 11.4 Å². The fraction of sp³-hybridized carbons (Fsp3) is 0.750. The van der Waals surface area contributed by atoms with Gasteiger partial charge in [-0.05, 0) is 34.2 Å². The summed E-state index contributed by atoms with van der Waals surface area (Å²) in [6.07, 6.45) is 1.87. The molecule has 0 bridgehead atoms. The number of aromatic nitrogens is 2. The Hall–Kier alpha value is -0.880. The third kappa shape index (κ3) is 3.81. The van der Waals surface area contributed by atoms with Crippen LogP contribution in [0.3, 0.4) is 0 Å². The normalized spacial score (nSPS) is 13.8. The molecule has 0 aliphatic heterocycles. The molecule has 1 unspecified atom stereocenters. The molecule has 1 atom stereocenters. The Bertz CT molecular complexity index is 506. The van der Waals surface area contributed by atoms with Gasteiger partial charge in [-0.3, -0.25) is 4.68 Å². The minimum atomic E-state index is -2.88. The van der Waals surface area contributed by atoms with Crippen molar-refractivity contribution >= 4 is 9.84 Å². The molecule has 0 saturated carbocycles. The van der Waals surface area contributed by atoms with E-state index in [0.29, 0.717) is 13.0 Å². The molecule has 1 aromatic rings. The molecule has 0 aliphatic carbocycles. The van der Waals surface area contributed by atoms with Crippen molar-refractivity contribution in [3.8, 4) is 0 Å². The van der Waals surface area contributed by atoms with Gasteiger partial charge in [-0.15, -0.1) is 0 Å². The van der Waals surface area contributed by atoms with Gasteiger partial charge in [0.25, 0.3) is 0 Å². The molecule has 1 heterocycles. The lowest BCUT2D eigenvalue weighted by Gasteiger charge is -2.11. The molecule has 1 rings (SSSR count). The Morgan fingerprint density at radius 3 is 2.50 bits per heavy atom. The minimum absolute atomic E-state index is 0.211. The van der Waals surface area contributed by atoms with Crippen molar-refractivity contribution in [2.45, 2.75) is 39.8 Å². The fourth-order valence-corrected chi connectivity index (χ4v) is 2.83. The minimum Gasteiger partial charge on any atom is -0.313 e. The van der Waals surface area contributed by atoms with Gasteiger partial charge in [0.15, 0.2) is 0 Å². The van der Waals surface area contributed by atoms with E-state index in [9.17, 15) is 8.42 Å².